The zero-order valence-corrected chi connectivity index (χ0v) is 13.2. The molecule has 21 heavy (non-hydrogen) atoms. The summed E-state index contributed by atoms with van der Waals surface area (Å²) in [6.07, 6.45) is 2.45. The molecule has 2 nitrogen and oxygen atoms in total. The molecule has 1 saturated heterocycles. The maximum atomic E-state index is 3.70. The molecule has 3 rings (SSSR count). The Hall–Kier alpha value is -1.54. The van der Waals surface area contributed by atoms with Gasteiger partial charge in [-0.1, -0.05) is 50.2 Å². The second-order valence-electron chi connectivity index (χ2n) is 6.35. The Labute approximate surface area is 128 Å². The number of nitrogens with one attached hydrogen (secondary N) is 1. The van der Waals surface area contributed by atoms with Gasteiger partial charge in [0.05, 0.1) is 0 Å². The lowest BCUT2D eigenvalue weighted by atomic mass is 10.0. The van der Waals surface area contributed by atoms with Crippen molar-refractivity contribution in [1.82, 2.24) is 5.32 Å². The molecule has 0 bridgehead atoms. The number of benzene rings is 2. The van der Waals surface area contributed by atoms with Crippen LogP contribution in [0.3, 0.4) is 0 Å². The molecule has 2 aromatic rings. The maximum Gasteiger partial charge on any atom is 0.0446 e. The van der Waals surface area contributed by atoms with Gasteiger partial charge in [-0.15, -0.1) is 0 Å². The highest BCUT2D eigenvalue weighted by atomic mass is 15.1. The van der Waals surface area contributed by atoms with Crippen molar-refractivity contribution in [3.05, 3.63) is 42.5 Å². The number of nitrogens with zero attached hydrogens (tertiary/aromatic N) is 1. The minimum absolute atomic E-state index is 0.658. The standard InChI is InChI=1S/C19H26N2/c1-3-17-11-12-21(14-15(2)13-20-17)19-10-6-8-16-7-4-5-9-18(16)19/h4-10,15,17,20H,3,11-14H2,1-2H3. The van der Waals surface area contributed by atoms with Crippen molar-refractivity contribution < 1.29 is 0 Å². The molecule has 0 radical (unpaired) electrons. The minimum atomic E-state index is 0.658. The van der Waals surface area contributed by atoms with E-state index in [-0.39, 0.29) is 0 Å². The third-order valence-corrected chi connectivity index (χ3v) is 4.63. The van der Waals surface area contributed by atoms with Gasteiger partial charge in [0.1, 0.15) is 0 Å². The van der Waals surface area contributed by atoms with E-state index in [0.29, 0.717) is 12.0 Å². The van der Waals surface area contributed by atoms with Crippen molar-refractivity contribution in [3.8, 4) is 0 Å². The van der Waals surface area contributed by atoms with Crippen LogP contribution in [0.5, 0.6) is 0 Å². The largest absolute Gasteiger partial charge is 0.371 e. The Morgan fingerprint density at radius 3 is 2.81 bits per heavy atom. The molecule has 1 heterocycles. The van der Waals surface area contributed by atoms with E-state index in [1.54, 1.807) is 0 Å². The zero-order valence-electron chi connectivity index (χ0n) is 13.2. The van der Waals surface area contributed by atoms with E-state index in [9.17, 15) is 0 Å². The molecule has 1 aliphatic rings. The zero-order chi connectivity index (χ0) is 14.7. The fourth-order valence-electron chi connectivity index (χ4n) is 3.36. The van der Waals surface area contributed by atoms with Crippen LogP contribution in [0, 0.1) is 5.92 Å². The first kappa shape index (κ1) is 14.4. The fraction of sp³-hybridized carbons (Fsp3) is 0.474. The average molecular weight is 282 g/mol. The molecular weight excluding hydrogens is 256 g/mol. The van der Waals surface area contributed by atoms with Gasteiger partial charge in [0.25, 0.3) is 0 Å². The molecule has 1 fully saturated rings. The number of anilines is 1. The Balaban J connectivity index is 1.92. The molecule has 2 unspecified atom stereocenters. The van der Waals surface area contributed by atoms with Crippen LogP contribution >= 0.6 is 0 Å². The summed E-state index contributed by atoms with van der Waals surface area (Å²) in [6, 6.07) is 16.1. The highest BCUT2D eigenvalue weighted by Gasteiger charge is 2.19. The average Bonchev–Trinajstić information content (AvgIpc) is 2.51. The Bertz CT molecular complexity index is 588. The monoisotopic (exact) mass is 282 g/mol. The minimum Gasteiger partial charge on any atom is -0.371 e. The van der Waals surface area contributed by atoms with Crippen LogP contribution in [0.1, 0.15) is 26.7 Å². The smallest absolute Gasteiger partial charge is 0.0446 e. The van der Waals surface area contributed by atoms with Gasteiger partial charge in [-0.3, -0.25) is 0 Å². The second kappa shape index (κ2) is 6.48. The predicted molar refractivity (Wildman–Crippen MR) is 92.0 cm³/mol. The lowest BCUT2D eigenvalue weighted by Crippen LogP contribution is -2.43. The van der Waals surface area contributed by atoms with E-state index in [0.717, 1.165) is 19.6 Å². The highest BCUT2D eigenvalue weighted by molar-refractivity contribution is 5.94. The van der Waals surface area contributed by atoms with Crippen molar-refractivity contribution in [2.45, 2.75) is 32.7 Å². The van der Waals surface area contributed by atoms with Crippen molar-refractivity contribution in [2.24, 2.45) is 5.92 Å². The number of fused-ring (bicyclic) bond motifs is 1. The van der Waals surface area contributed by atoms with Gasteiger partial charge in [0.15, 0.2) is 0 Å². The number of hydrogen-bond acceptors (Lipinski definition) is 2. The van der Waals surface area contributed by atoms with E-state index in [2.05, 4.69) is 66.5 Å². The van der Waals surface area contributed by atoms with Crippen LogP contribution in [0.4, 0.5) is 5.69 Å². The molecular formula is C19H26N2. The molecule has 2 aromatic carbocycles. The van der Waals surface area contributed by atoms with E-state index in [1.165, 1.54) is 29.3 Å². The molecule has 1 aliphatic heterocycles. The number of hydrogen-bond donors (Lipinski definition) is 1. The topological polar surface area (TPSA) is 15.3 Å². The summed E-state index contributed by atoms with van der Waals surface area (Å²) in [5, 5.41) is 6.43. The quantitative estimate of drug-likeness (QED) is 0.894. The first-order chi connectivity index (χ1) is 10.3. The summed E-state index contributed by atoms with van der Waals surface area (Å²) in [5.74, 6) is 0.679. The van der Waals surface area contributed by atoms with Gasteiger partial charge in [-0.25, -0.2) is 0 Å². The molecule has 0 amide bonds. The van der Waals surface area contributed by atoms with E-state index in [4.69, 9.17) is 0 Å². The van der Waals surface area contributed by atoms with Crippen molar-refractivity contribution in [1.29, 1.82) is 0 Å². The van der Waals surface area contributed by atoms with Gasteiger partial charge in [0, 0.05) is 30.2 Å². The highest BCUT2D eigenvalue weighted by Crippen LogP contribution is 2.28. The SMILES string of the molecule is CCC1CCN(c2cccc3ccccc23)CC(C)CN1. The molecule has 0 spiro atoms. The van der Waals surface area contributed by atoms with Gasteiger partial charge in [-0.2, -0.15) is 0 Å². The molecule has 0 aromatic heterocycles. The van der Waals surface area contributed by atoms with E-state index >= 15 is 0 Å². The van der Waals surface area contributed by atoms with Crippen LogP contribution < -0.4 is 10.2 Å². The first-order valence-corrected chi connectivity index (χ1v) is 8.24. The molecule has 112 valence electrons. The number of rotatable bonds is 2. The summed E-state index contributed by atoms with van der Waals surface area (Å²) in [7, 11) is 0. The van der Waals surface area contributed by atoms with Crippen LogP contribution in [-0.2, 0) is 0 Å². The first-order valence-electron chi connectivity index (χ1n) is 8.24. The van der Waals surface area contributed by atoms with Gasteiger partial charge < -0.3 is 10.2 Å². The summed E-state index contributed by atoms with van der Waals surface area (Å²) < 4.78 is 0. The van der Waals surface area contributed by atoms with Gasteiger partial charge in [-0.05, 0) is 36.8 Å². The van der Waals surface area contributed by atoms with Crippen molar-refractivity contribution >= 4 is 16.5 Å². The molecule has 2 heteroatoms. The lowest BCUT2D eigenvalue weighted by molar-refractivity contribution is 0.388. The van der Waals surface area contributed by atoms with Gasteiger partial charge in [0.2, 0.25) is 0 Å². The van der Waals surface area contributed by atoms with Crippen LogP contribution in [-0.4, -0.2) is 25.7 Å². The molecule has 1 N–H and O–H groups in total. The lowest BCUT2D eigenvalue weighted by Gasteiger charge is -2.34. The maximum absolute atomic E-state index is 3.70. The van der Waals surface area contributed by atoms with Crippen molar-refractivity contribution in [2.75, 3.05) is 24.5 Å². The third-order valence-electron chi connectivity index (χ3n) is 4.63. The van der Waals surface area contributed by atoms with E-state index < -0.39 is 0 Å². The van der Waals surface area contributed by atoms with Crippen LogP contribution in [0.15, 0.2) is 42.5 Å². The summed E-state index contributed by atoms with van der Waals surface area (Å²) in [4.78, 5) is 2.59. The normalized spacial score (nSPS) is 23.8. The predicted octanol–water partition coefficient (Wildman–Crippen LogP) is 4.05. The second-order valence-corrected chi connectivity index (χ2v) is 6.35. The fourth-order valence-corrected chi connectivity index (χ4v) is 3.36. The van der Waals surface area contributed by atoms with E-state index in [1.807, 2.05) is 0 Å². The Kier molecular flexibility index (Phi) is 4.45. The molecule has 2 atom stereocenters. The molecule has 0 aliphatic carbocycles. The summed E-state index contributed by atoms with van der Waals surface area (Å²) in [6.45, 7) is 8.04. The third kappa shape index (κ3) is 3.21. The Morgan fingerprint density at radius 2 is 1.95 bits per heavy atom. The van der Waals surface area contributed by atoms with Crippen molar-refractivity contribution in [3.63, 3.8) is 0 Å². The van der Waals surface area contributed by atoms with Crippen LogP contribution in [0.25, 0.3) is 10.8 Å². The summed E-state index contributed by atoms with van der Waals surface area (Å²) >= 11 is 0. The van der Waals surface area contributed by atoms with Gasteiger partial charge >= 0.3 is 0 Å². The summed E-state index contributed by atoms with van der Waals surface area (Å²) in [5.41, 5.74) is 1.40. The van der Waals surface area contributed by atoms with Crippen LogP contribution in [0.2, 0.25) is 0 Å². The Morgan fingerprint density at radius 1 is 1.14 bits per heavy atom. The molecule has 0 saturated carbocycles.